The Morgan fingerprint density at radius 3 is 2.38 bits per heavy atom. The summed E-state index contributed by atoms with van der Waals surface area (Å²) in [5.74, 6) is 0.969. The standard InChI is InChI=1S/C14H15N3O2.C11H23NO.C4H8O.C2H6/c1-9-5-13(15-2)12(6-11(9)8-19)14-10(7-18)3-4-16-17-14;1-3-13-10-4-5-11-6-8-12(2)9-7-11;1-2-4-5-3-1;1-2/h4-8,15,17H,3H2,1-2H3;11H,3-10H2,1-2H3;1-4H2;1-2H3. The summed E-state index contributed by atoms with van der Waals surface area (Å²) >= 11 is 0. The van der Waals surface area contributed by atoms with Gasteiger partial charge < -0.3 is 19.7 Å². The highest BCUT2D eigenvalue weighted by Crippen LogP contribution is 2.29. The van der Waals surface area contributed by atoms with E-state index in [1.165, 1.54) is 51.6 Å². The molecule has 4 rings (SSSR count). The average molecular weight is 545 g/mol. The molecule has 0 atom stereocenters. The topological polar surface area (TPSA) is 92.3 Å². The lowest BCUT2D eigenvalue weighted by Crippen LogP contribution is -2.30. The maximum Gasteiger partial charge on any atom is 0.150 e. The van der Waals surface area contributed by atoms with E-state index in [0.29, 0.717) is 23.3 Å². The second-order valence-electron chi connectivity index (χ2n) is 9.67. The molecule has 1 aromatic carbocycles. The minimum atomic E-state index is 0.485. The van der Waals surface area contributed by atoms with E-state index in [2.05, 4.69) is 34.7 Å². The number of hydrogen-bond acceptors (Lipinski definition) is 8. The van der Waals surface area contributed by atoms with Crippen LogP contribution < -0.4 is 10.7 Å². The van der Waals surface area contributed by atoms with E-state index in [0.717, 1.165) is 61.7 Å². The van der Waals surface area contributed by atoms with Crippen LogP contribution in [0.3, 0.4) is 0 Å². The summed E-state index contributed by atoms with van der Waals surface area (Å²) in [7, 11) is 4.02. The number of allylic oxidation sites excluding steroid dienone is 1. The normalized spacial score (nSPS) is 17.0. The van der Waals surface area contributed by atoms with E-state index >= 15 is 0 Å². The Morgan fingerprint density at radius 2 is 1.85 bits per heavy atom. The molecule has 39 heavy (non-hydrogen) atoms. The van der Waals surface area contributed by atoms with Crippen LogP contribution in [0.25, 0.3) is 5.70 Å². The van der Waals surface area contributed by atoms with Gasteiger partial charge in [0.1, 0.15) is 12.6 Å². The van der Waals surface area contributed by atoms with Crippen LogP contribution in [-0.4, -0.2) is 77.3 Å². The molecule has 0 bridgehead atoms. The first kappa shape index (κ1) is 34.5. The SMILES string of the molecule is C1CCOC1.CC.CCOCCCC1CCN(C)CC1.CNc1cc(C)c(C=O)cc1C1=C(C=O)CC=NN1. The maximum absolute atomic E-state index is 11.1. The van der Waals surface area contributed by atoms with Crippen molar-refractivity contribution in [1.82, 2.24) is 10.3 Å². The molecule has 2 saturated heterocycles. The fourth-order valence-corrected chi connectivity index (χ4v) is 4.51. The van der Waals surface area contributed by atoms with E-state index in [-0.39, 0.29) is 0 Å². The minimum Gasteiger partial charge on any atom is -0.388 e. The van der Waals surface area contributed by atoms with Gasteiger partial charge in [0.05, 0.1) is 5.70 Å². The first-order valence-electron chi connectivity index (χ1n) is 14.6. The number of anilines is 1. The van der Waals surface area contributed by atoms with Gasteiger partial charge in [0.25, 0.3) is 0 Å². The average Bonchev–Trinajstić information content (AvgIpc) is 3.58. The zero-order valence-corrected chi connectivity index (χ0v) is 25.2. The predicted molar refractivity (Wildman–Crippen MR) is 163 cm³/mol. The molecule has 3 aliphatic heterocycles. The molecular formula is C31H52N4O4. The second-order valence-corrected chi connectivity index (χ2v) is 9.67. The lowest BCUT2D eigenvalue weighted by Gasteiger charge is -2.28. The van der Waals surface area contributed by atoms with Crippen LogP contribution in [-0.2, 0) is 14.3 Å². The van der Waals surface area contributed by atoms with Gasteiger partial charge in [-0.1, -0.05) is 13.8 Å². The molecule has 2 N–H and O–H groups in total. The quantitative estimate of drug-likeness (QED) is 0.304. The molecule has 0 aromatic heterocycles. The Morgan fingerprint density at radius 1 is 1.15 bits per heavy atom. The summed E-state index contributed by atoms with van der Waals surface area (Å²) in [6.45, 7) is 14.3. The molecule has 8 nitrogen and oxygen atoms in total. The number of carbonyl (C=O) groups is 2. The molecule has 220 valence electrons. The molecule has 0 radical (unpaired) electrons. The van der Waals surface area contributed by atoms with Gasteiger partial charge in [0.2, 0.25) is 0 Å². The highest BCUT2D eigenvalue weighted by atomic mass is 16.5. The predicted octanol–water partition coefficient (Wildman–Crippen LogP) is 5.71. The van der Waals surface area contributed by atoms with Crippen LogP contribution >= 0.6 is 0 Å². The van der Waals surface area contributed by atoms with Gasteiger partial charge in [-0.2, -0.15) is 5.10 Å². The van der Waals surface area contributed by atoms with Crippen molar-refractivity contribution in [2.45, 2.75) is 72.6 Å². The summed E-state index contributed by atoms with van der Waals surface area (Å²) in [6.07, 6.45) is 11.7. The third kappa shape index (κ3) is 12.9. The Kier molecular flexibility index (Phi) is 18.8. The van der Waals surface area contributed by atoms with Crippen LogP contribution in [0.4, 0.5) is 5.69 Å². The van der Waals surface area contributed by atoms with Crippen molar-refractivity contribution >= 4 is 30.2 Å². The largest absolute Gasteiger partial charge is 0.388 e. The van der Waals surface area contributed by atoms with Crippen molar-refractivity contribution in [2.75, 3.05) is 58.9 Å². The fourth-order valence-electron chi connectivity index (χ4n) is 4.51. The number of ether oxygens (including phenoxy) is 2. The second kappa shape index (κ2) is 21.3. The monoisotopic (exact) mass is 544 g/mol. The maximum atomic E-state index is 11.1. The molecular weight excluding hydrogens is 492 g/mol. The summed E-state index contributed by atoms with van der Waals surface area (Å²) in [4.78, 5) is 24.6. The Labute approximate surface area is 236 Å². The number of carbonyl (C=O) groups excluding carboxylic acids is 2. The van der Waals surface area contributed by atoms with Gasteiger partial charge in [-0.3, -0.25) is 15.0 Å². The number of rotatable bonds is 9. The van der Waals surface area contributed by atoms with Crippen LogP contribution in [0, 0.1) is 12.8 Å². The van der Waals surface area contributed by atoms with E-state index in [1.54, 1.807) is 19.3 Å². The number of nitrogens with zero attached hydrogens (tertiary/aromatic N) is 2. The van der Waals surface area contributed by atoms with E-state index < -0.39 is 0 Å². The number of aryl methyl sites for hydroxylation is 1. The molecule has 0 spiro atoms. The van der Waals surface area contributed by atoms with Crippen LogP contribution in [0.1, 0.15) is 87.2 Å². The number of hydrazone groups is 1. The number of benzene rings is 1. The van der Waals surface area contributed by atoms with Crippen molar-refractivity contribution in [3.8, 4) is 0 Å². The third-order valence-corrected chi connectivity index (χ3v) is 6.88. The molecule has 0 saturated carbocycles. The van der Waals surface area contributed by atoms with Crippen LogP contribution in [0.5, 0.6) is 0 Å². The van der Waals surface area contributed by atoms with E-state index in [4.69, 9.17) is 9.47 Å². The Balaban J connectivity index is 0.000000326. The number of hydrogen-bond donors (Lipinski definition) is 2. The van der Waals surface area contributed by atoms with Gasteiger partial charge in [0.15, 0.2) is 0 Å². The molecule has 3 heterocycles. The first-order valence-corrected chi connectivity index (χ1v) is 14.6. The molecule has 3 aliphatic rings. The lowest BCUT2D eigenvalue weighted by molar-refractivity contribution is -0.104. The number of nitrogens with one attached hydrogen (secondary N) is 2. The van der Waals surface area contributed by atoms with Gasteiger partial charge >= 0.3 is 0 Å². The smallest absolute Gasteiger partial charge is 0.150 e. The third-order valence-electron chi connectivity index (χ3n) is 6.88. The van der Waals surface area contributed by atoms with Crippen LogP contribution in [0.2, 0.25) is 0 Å². The summed E-state index contributed by atoms with van der Waals surface area (Å²) in [6, 6.07) is 3.65. The van der Waals surface area contributed by atoms with Crippen LogP contribution in [0.15, 0.2) is 22.8 Å². The molecule has 8 heteroatoms. The van der Waals surface area contributed by atoms with Crippen molar-refractivity contribution in [3.63, 3.8) is 0 Å². The molecule has 0 amide bonds. The lowest BCUT2D eigenvalue weighted by atomic mass is 9.93. The zero-order valence-electron chi connectivity index (χ0n) is 25.2. The van der Waals surface area contributed by atoms with Crippen molar-refractivity contribution < 1.29 is 19.1 Å². The highest BCUT2D eigenvalue weighted by molar-refractivity contribution is 5.96. The number of likely N-dealkylation sites (tertiary alicyclic amines) is 1. The Bertz CT molecular complexity index is 881. The Hall–Kier alpha value is -2.55. The summed E-state index contributed by atoms with van der Waals surface area (Å²) < 4.78 is 10.3. The minimum absolute atomic E-state index is 0.485. The number of piperidine rings is 1. The van der Waals surface area contributed by atoms with Gasteiger partial charge in [-0.15, -0.1) is 0 Å². The molecule has 0 aliphatic carbocycles. The zero-order chi connectivity index (χ0) is 28.9. The van der Waals surface area contributed by atoms with Crippen molar-refractivity contribution in [1.29, 1.82) is 0 Å². The van der Waals surface area contributed by atoms with E-state index in [9.17, 15) is 9.59 Å². The van der Waals surface area contributed by atoms with Gasteiger partial charge in [0, 0.05) is 68.5 Å². The molecule has 0 unspecified atom stereocenters. The summed E-state index contributed by atoms with van der Waals surface area (Å²) in [5, 5.41) is 7.05. The number of aldehydes is 2. The highest BCUT2D eigenvalue weighted by Gasteiger charge is 2.17. The molecule has 2 fully saturated rings. The fraction of sp³-hybridized carbons (Fsp3) is 0.645. The summed E-state index contributed by atoms with van der Waals surface area (Å²) in [5.41, 5.74) is 7.21. The van der Waals surface area contributed by atoms with E-state index in [1.807, 2.05) is 26.8 Å². The van der Waals surface area contributed by atoms with Crippen molar-refractivity contribution in [2.24, 2.45) is 11.0 Å². The van der Waals surface area contributed by atoms with Gasteiger partial charge in [-0.05, 0) is 96.1 Å². The van der Waals surface area contributed by atoms with Crippen molar-refractivity contribution in [3.05, 3.63) is 34.4 Å². The van der Waals surface area contributed by atoms with Gasteiger partial charge in [-0.25, -0.2) is 0 Å². The molecule has 1 aromatic rings. The first-order chi connectivity index (χ1) is 19.0.